The number of anilines is 1. The first-order valence-corrected chi connectivity index (χ1v) is 9.69. The molecule has 29 heavy (non-hydrogen) atoms. The van der Waals surface area contributed by atoms with E-state index in [1.54, 1.807) is 49.4 Å². The van der Waals surface area contributed by atoms with Crippen LogP contribution in [0.1, 0.15) is 27.0 Å². The Bertz CT molecular complexity index is 1060. The van der Waals surface area contributed by atoms with E-state index >= 15 is 0 Å². The summed E-state index contributed by atoms with van der Waals surface area (Å²) in [7, 11) is 0. The molecule has 148 valence electrons. The van der Waals surface area contributed by atoms with Crippen molar-refractivity contribution in [3.63, 3.8) is 0 Å². The summed E-state index contributed by atoms with van der Waals surface area (Å²) in [6, 6.07) is 16.1. The van der Waals surface area contributed by atoms with Crippen LogP contribution in [0.5, 0.6) is 0 Å². The number of halogens is 3. The molecular weight excluding hydrogens is 412 g/mol. The Kier molecular flexibility index (Phi) is 6.68. The van der Waals surface area contributed by atoms with Crippen LogP contribution in [0.4, 0.5) is 10.1 Å². The summed E-state index contributed by atoms with van der Waals surface area (Å²) in [6.45, 7) is 1.72. The van der Waals surface area contributed by atoms with Crippen LogP contribution in [0.3, 0.4) is 0 Å². The lowest BCUT2D eigenvalue weighted by Gasteiger charge is -2.09. The van der Waals surface area contributed by atoms with Crippen LogP contribution in [0.15, 0.2) is 60.7 Å². The van der Waals surface area contributed by atoms with E-state index in [0.717, 1.165) is 11.1 Å². The molecule has 0 saturated carbocycles. The van der Waals surface area contributed by atoms with E-state index in [9.17, 15) is 14.0 Å². The number of carbonyl (C=O) groups excluding carboxylic acids is 2. The number of amides is 1. The molecule has 0 spiro atoms. The molecule has 3 aromatic carbocycles. The lowest BCUT2D eigenvalue weighted by atomic mass is 10.0. The van der Waals surface area contributed by atoms with Crippen LogP contribution in [-0.2, 0) is 17.6 Å². The van der Waals surface area contributed by atoms with E-state index in [2.05, 4.69) is 5.32 Å². The molecule has 0 fully saturated rings. The molecule has 6 heteroatoms. The second-order valence-electron chi connectivity index (χ2n) is 6.75. The number of hydrogen-bond acceptors (Lipinski definition) is 2. The van der Waals surface area contributed by atoms with Crippen molar-refractivity contribution in [2.75, 3.05) is 5.32 Å². The molecule has 3 aromatic rings. The van der Waals surface area contributed by atoms with Crippen molar-refractivity contribution in [2.45, 2.75) is 19.8 Å². The minimum Gasteiger partial charge on any atom is -0.322 e. The molecule has 0 bridgehead atoms. The molecule has 0 heterocycles. The van der Waals surface area contributed by atoms with Crippen molar-refractivity contribution in [3.8, 4) is 0 Å². The molecule has 1 N–H and O–H groups in total. The molecule has 0 aliphatic heterocycles. The van der Waals surface area contributed by atoms with Gasteiger partial charge in [0.15, 0.2) is 0 Å². The van der Waals surface area contributed by atoms with Crippen LogP contribution >= 0.6 is 23.2 Å². The number of aryl methyl sites for hydroxylation is 1. The molecule has 3 nitrogen and oxygen atoms in total. The average molecular weight is 430 g/mol. The summed E-state index contributed by atoms with van der Waals surface area (Å²) in [5.74, 6) is -0.619. The quantitative estimate of drug-likeness (QED) is 0.518. The maximum atomic E-state index is 13.2. The predicted octanol–water partition coefficient (Wildman–Crippen LogP) is 6.05. The van der Waals surface area contributed by atoms with Gasteiger partial charge < -0.3 is 5.32 Å². The monoisotopic (exact) mass is 429 g/mol. The Morgan fingerprint density at radius 1 is 0.862 bits per heavy atom. The van der Waals surface area contributed by atoms with Gasteiger partial charge in [-0.1, -0.05) is 41.4 Å². The highest BCUT2D eigenvalue weighted by Gasteiger charge is 2.11. The molecule has 0 aromatic heterocycles. The van der Waals surface area contributed by atoms with Gasteiger partial charge in [0.1, 0.15) is 11.6 Å². The first-order chi connectivity index (χ1) is 13.8. The fraction of sp³-hybridized carbons (Fsp3) is 0.130. The van der Waals surface area contributed by atoms with Gasteiger partial charge in [-0.05, 0) is 66.1 Å². The number of Topliss-reactive ketones (excluding diaryl/α,β-unsaturated/α-hetero) is 1. The molecule has 0 unspecified atom stereocenters. The van der Waals surface area contributed by atoms with Crippen molar-refractivity contribution in [1.29, 1.82) is 0 Å². The summed E-state index contributed by atoms with van der Waals surface area (Å²) >= 11 is 11.9. The number of ketones is 1. The SMILES string of the molecule is Cc1cc(F)ccc1NC(=O)c1ccc(CC(=O)Cc2ccc(Cl)c(Cl)c2)cc1. The molecule has 0 aliphatic rings. The second kappa shape index (κ2) is 9.21. The van der Waals surface area contributed by atoms with Crippen LogP contribution in [0, 0.1) is 12.7 Å². The first kappa shape index (κ1) is 21.0. The van der Waals surface area contributed by atoms with Crippen LogP contribution in [0.2, 0.25) is 10.0 Å². The number of carbonyl (C=O) groups is 2. The summed E-state index contributed by atoms with van der Waals surface area (Å²) in [6.07, 6.45) is 0.502. The van der Waals surface area contributed by atoms with E-state index in [1.807, 2.05) is 0 Å². The summed E-state index contributed by atoms with van der Waals surface area (Å²) < 4.78 is 13.2. The maximum absolute atomic E-state index is 13.2. The Balaban J connectivity index is 1.61. The average Bonchev–Trinajstić information content (AvgIpc) is 2.67. The third-order valence-electron chi connectivity index (χ3n) is 4.44. The summed E-state index contributed by atoms with van der Waals surface area (Å²) in [4.78, 5) is 24.7. The minimum absolute atomic E-state index is 0.0301. The number of benzene rings is 3. The van der Waals surface area contributed by atoms with Gasteiger partial charge in [0.2, 0.25) is 0 Å². The Hall–Kier alpha value is -2.69. The lowest BCUT2D eigenvalue weighted by molar-refractivity contribution is -0.117. The van der Waals surface area contributed by atoms with Crippen LogP contribution < -0.4 is 5.32 Å². The molecule has 0 saturated heterocycles. The number of nitrogens with one attached hydrogen (secondary N) is 1. The fourth-order valence-electron chi connectivity index (χ4n) is 2.90. The van der Waals surface area contributed by atoms with E-state index < -0.39 is 0 Å². The molecular formula is C23H18Cl2FNO2. The van der Waals surface area contributed by atoms with E-state index in [1.165, 1.54) is 18.2 Å². The van der Waals surface area contributed by atoms with Gasteiger partial charge in [0.25, 0.3) is 5.91 Å². The van der Waals surface area contributed by atoms with Gasteiger partial charge in [-0.3, -0.25) is 9.59 Å². The molecule has 0 radical (unpaired) electrons. The second-order valence-corrected chi connectivity index (χ2v) is 7.57. The predicted molar refractivity (Wildman–Crippen MR) is 114 cm³/mol. The number of rotatable bonds is 6. The zero-order valence-corrected chi connectivity index (χ0v) is 17.1. The van der Waals surface area contributed by atoms with Crippen molar-refractivity contribution < 1.29 is 14.0 Å². The molecule has 3 rings (SSSR count). The van der Waals surface area contributed by atoms with Gasteiger partial charge >= 0.3 is 0 Å². The van der Waals surface area contributed by atoms with Crippen LogP contribution in [-0.4, -0.2) is 11.7 Å². The maximum Gasteiger partial charge on any atom is 0.255 e. The molecule has 1 amide bonds. The molecule has 0 atom stereocenters. The highest BCUT2D eigenvalue weighted by Crippen LogP contribution is 2.23. The van der Waals surface area contributed by atoms with Gasteiger partial charge in [0.05, 0.1) is 10.0 Å². The zero-order valence-electron chi connectivity index (χ0n) is 15.6. The van der Waals surface area contributed by atoms with Gasteiger partial charge in [-0.2, -0.15) is 0 Å². The Morgan fingerprint density at radius 2 is 1.52 bits per heavy atom. The number of hydrogen-bond donors (Lipinski definition) is 1. The van der Waals surface area contributed by atoms with Crippen molar-refractivity contribution in [1.82, 2.24) is 0 Å². The Morgan fingerprint density at radius 3 is 2.17 bits per heavy atom. The third-order valence-corrected chi connectivity index (χ3v) is 5.18. The van der Waals surface area contributed by atoms with Gasteiger partial charge in [-0.25, -0.2) is 4.39 Å². The highest BCUT2D eigenvalue weighted by molar-refractivity contribution is 6.42. The minimum atomic E-state index is -0.351. The van der Waals surface area contributed by atoms with Gasteiger partial charge in [0, 0.05) is 24.1 Å². The van der Waals surface area contributed by atoms with Crippen molar-refractivity contribution >= 4 is 40.6 Å². The van der Waals surface area contributed by atoms with Crippen LogP contribution in [0.25, 0.3) is 0 Å². The smallest absolute Gasteiger partial charge is 0.255 e. The van der Waals surface area contributed by atoms with E-state index in [-0.39, 0.29) is 30.3 Å². The van der Waals surface area contributed by atoms with E-state index in [4.69, 9.17) is 23.2 Å². The highest BCUT2D eigenvalue weighted by atomic mass is 35.5. The standard InChI is InChI=1S/C23H18Cl2FNO2/c1-14-10-18(26)7-9-22(14)27-23(29)17-5-2-15(3-6-17)11-19(28)12-16-4-8-20(24)21(25)13-16/h2-10,13H,11-12H2,1H3,(H,27,29). The Labute approximate surface area is 178 Å². The normalized spacial score (nSPS) is 10.6. The molecule has 0 aliphatic carbocycles. The fourth-order valence-corrected chi connectivity index (χ4v) is 3.22. The topological polar surface area (TPSA) is 46.2 Å². The van der Waals surface area contributed by atoms with Crippen molar-refractivity contribution in [2.24, 2.45) is 0 Å². The van der Waals surface area contributed by atoms with Gasteiger partial charge in [-0.15, -0.1) is 0 Å². The summed E-state index contributed by atoms with van der Waals surface area (Å²) in [5.41, 5.74) is 3.26. The van der Waals surface area contributed by atoms with Crippen molar-refractivity contribution in [3.05, 3.63) is 98.8 Å². The largest absolute Gasteiger partial charge is 0.322 e. The third kappa shape index (κ3) is 5.66. The zero-order chi connectivity index (χ0) is 21.0. The van der Waals surface area contributed by atoms with E-state index in [0.29, 0.717) is 26.9 Å². The summed E-state index contributed by atoms with van der Waals surface area (Å²) in [5, 5.41) is 3.63. The lowest BCUT2D eigenvalue weighted by Crippen LogP contribution is -2.13. The first-order valence-electron chi connectivity index (χ1n) is 8.94.